The molecule has 3 N–H and O–H groups in total. The SMILES string of the molecule is CC(C)c1cccc(CNC[C@@H](O)[C@@H]2COC/C=C\CCN(C)C(=O)c3cc(cc(N(C)S(C)(=O)=O)c3)C(=O)N2)c1. The molecule has 224 valence electrons. The van der Waals surface area contributed by atoms with E-state index in [4.69, 9.17) is 4.74 Å². The zero-order chi connectivity index (χ0) is 30.2. The van der Waals surface area contributed by atoms with Crippen LogP contribution in [0.5, 0.6) is 0 Å². The fourth-order valence-electron chi connectivity index (χ4n) is 4.35. The van der Waals surface area contributed by atoms with Crippen LogP contribution in [0.1, 0.15) is 58.0 Å². The molecule has 0 spiro atoms. The van der Waals surface area contributed by atoms with Crippen LogP contribution in [0.15, 0.2) is 54.6 Å². The first-order valence-corrected chi connectivity index (χ1v) is 15.6. The van der Waals surface area contributed by atoms with Crippen molar-refractivity contribution in [1.29, 1.82) is 0 Å². The first-order chi connectivity index (χ1) is 19.4. The minimum atomic E-state index is -3.65. The Morgan fingerprint density at radius 3 is 2.59 bits per heavy atom. The molecule has 2 atom stereocenters. The number of rotatable bonds is 8. The summed E-state index contributed by atoms with van der Waals surface area (Å²) in [6, 6.07) is 11.8. The van der Waals surface area contributed by atoms with E-state index in [0.717, 1.165) is 16.1 Å². The maximum absolute atomic E-state index is 13.4. The molecule has 0 fully saturated rings. The largest absolute Gasteiger partial charge is 0.390 e. The minimum absolute atomic E-state index is 0.0520. The number of anilines is 1. The highest BCUT2D eigenvalue weighted by Crippen LogP contribution is 2.22. The number of fused-ring (bicyclic) bond motifs is 2. The first kappa shape index (κ1) is 32.3. The Bertz CT molecular complexity index is 1340. The molecule has 2 bridgehead atoms. The first-order valence-electron chi connectivity index (χ1n) is 13.7. The van der Waals surface area contributed by atoms with E-state index in [-0.39, 0.29) is 42.5 Å². The zero-order valence-electron chi connectivity index (χ0n) is 24.5. The Hall–Kier alpha value is -3.25. The number of benzene rings is 2. The van der Waals surface area contributed by atoms with E-state index < -0.39 is 28.1 Å². The third-order valence-corrected chi connectivity index (χ3v) is 8.23. The van der Waals surface area contributed by atoms with Crippen LogP contribution in [0.4, 0.5) is 5.69 Å². The number of nitrogens with one attached hydrogen (secondary N) is 2. The van der Waals surface area contributed by atoms with Crippen LogP contribution in [0.25, 0.3) is 0 Å². The second kappa shape index (κ2) is 14.6. The van der Waals surface area contributed by atoms with Crippen LogP contribution in [-0.4, -0.2) is 89.0 Å². The predicted octanol–water partition coefficient (Wildman–Crippen LogP) is 2.50. The molecular weight excluding hydrogens is 544 g/mol. The van der Waals surface area contributed by atoms with E-state index in [9.17, 15) is 23.1 Å². The maximum Gasteiger partial charge on any atom is 0.253 e. The lowest BCUT2D eigenvalue weighted by Crippen LogP contribution is -2.50. The molecule has 2 amide bonds. The lowest BCUT2D eigenvalue weighted by Gasteiger charge is -2.25. The molecular formula is C30H42N4O6S. The van der Waals surface area contributed by atoms with E-state index in [1.54, 1.807) is 7.05 Å². The summed E-state index contributed by atoms with van der Waals surface area (Å²) in [5.74, 6) is -0.499. The van der Waals surface area contributed by atoms with Crippen molar-refractivity contribution in [1.82, 2.24) is 15.5 Å². The highest BCUT2D eigenvalue weighted by Gasteiger charge is 2.25. The molecule has 3 rings (SSSR count). The van der Waals surface area contributed by atoms with Gasteiger partial charge in [0.15, 0.2) is 0 Å². The fraction of sp³-hybridized carbons (Fsp3) is 0.467. The average Bonchev–Trinajstić information content (AvgIpc) is 2.93. The number of sulfonamides is 1. The van der Waals surface area contributed by atoms with Gasteiger partial charge in [-0.2, -0.15) is 0 Å². The molecule has 1 aliphatic rings. The lowest BCUT2D eigenvalue weighted by atomic mass is 10.0. The quantitative estimate of drug-likeness (QED) is 0.406. The van der Waals surface area contributed by atoms with Crippen LogP contribution < -0.4 is 14.9 Å². The van der Waals surface area contributed by atoms with Gasteiger partial charge in [0, 0.05) is 44.9 Å². The van der Waals surface area contributed by atoms with Gasteiger partial charge in [-0.15, -0.1) is 0 Å². The summed E-state index contributed by atoms with van der Waals surface area (Å²) < 4.78 is 31.3. The number of aliphatic hydroxyl groups excluding tert-OH is 1. The van der Waals surface area contributed by atoms with Crippen LogP contribution in [-0.2, 0) is 21.3 Å². The van der Waals surface area contributed by atoms with E-state index >= 15 is 0 Å². The summed E-state index contributed by atoms with van der Waals surface area (Å²) in [4.78, 5) is 28.1. The fourth-order valence-corrected chi connectivity index (χ4v) is 4.84. The van der Waals surface area contributed by atoms with Crippen LogP contribution in [0.2, 0.25) is 0 Å². The lowest BCUT2D eigenvalue weighted by molar-refractivity contribution is 0.0516. The van der Waals surface area contributed by atoms with Crippen LogP contribution >= 0.6 is 0 Å². The number of nitrogens with zero attached hydrogens (tertiary/aromatic N) is 2. The van der Waals surface area contributed by atoms with Gasteiger partial charge in [0.25, 0.3) is 11.8 Å². The Kier molecular flexibility index (Phi) is 11.5. The minimum Gasteiger partial charge on any atom is -0.390 e. The molecule has 0 saturated carbocycles. The van der Waals surface area contributed by atoms with Gasteiger partial charge in [-0.3, -0.25) is 13.9 Å². The highest BCUT2D eigenvalue weighted by atomic mass is 32.2. The van der Waals surface area contributed by atoms with Gasteiger partial charge in [-0.05, 0) is 41.7 Å². The molecule has 10 nitrogen and oxygen atoms in total. The van der Waals surface area contributed by atoms with Crippen molar-refractivity contribution in [3.05, 3.63) is 76.9 Å². The molecule has 1 aliphatic heterocycles. The van der Waals surface area contributed by atoms with Crippen molar-refractivity contribution in [3.8, 4) is 0 Å². The molecule has 2 aromatic carbocycles. The molecule has 2 aromatic rings. The third kappa shape index (κ3) is 9.39. The summed E-state index contributed by atoms with van der Waals surface area (Å²) in [5, 5.41) is 17.1. The van der Waals surface area contributed by atoms with E-state index in [2.05, 4.69) is 36.6 Å². The van der Waals surface area contributed by atoms with Crippen LogP contribution in [0.3, 0.4) is 0 Å². The Morgan fingerprint density at radius 2 is 1.88 bits per heavy atom. The van der Waals surface area contributed by atoms with Gasteiger partial charge >= 0.3 is 0 Å². The topological polar surface area (TPSA) is 128 Å². The predicted molar refractivity (Wildman–Crippen MR) is 161 cm³/mol. The third-order valence-electron chi connectivity index (χ3n) is 7.03. The van der Waals surface area contributed by atoms with Gasteiger partial charge in [-0.25, -0.2) is 8.42 Å². The van der Waals surface area contributed by atoms with Gasteiger partial charge in [0.1, 0.15) is 0 Å². The standard InChI is InChI=1S/C30H42N4O6S/c1-21(2)23-11-9-10-22(14-23)18-31-19-28(35)27-20-40-13-8-6-7-12-33(3)30(37)25-15-24(29(36)32-27)16-26(17-25)34(4)41(5,38)39/h6,8-11,14-17,21,27-28,31,35H,7,12-13,18-20H2,1-5H3,(H,32,36)/b8-6-/t27-,28+/m0/s1. The smallest absolute Gasteiger partial charge is 0.253 e. The van der Waals surface area contributed by atoms with Gasteiger partial charge in [-0.1, -0.05) is 50.3 Å². The zero-order valence-corrected chi connectivity index (χ0v) is 25.3. The molecule has 11 heteroatoms. The van der Waals surface area contributed by atoms with Gasteiger partial charge in [0.05, 0.1) is 37.3 Å². The molecule has 0 radical (unpaired) electrons. The average molecular weight is 587 g/mol. The molecule has 0 aliphatic carbocycles. The summed E-state index contributed by atoms with van der Waals surface area (Å²) >= 11 is 0. The molecule has 0 aromatic heterocycles. The van der Waals surface area contributed by atoms with Crippen molar-refractivity contribution in [2.24, 2.45) is 0 Å². The number of amides is 2. The number of hydrogen-bond acceptors (Lipinski definition) is 7. The molecule has 1 heterocycles. The van der Waals surface area contributed by atoms with E-state index in [1.165, 1.54) is 35.7 Å². The second-order valence-electron chi connectivity index (χ2n) is 10.7. The number of carbonyl (C=O) groups excluding carboxylic acids is 2. The van der Waals surface area contributed by atoms with E-state index in [1.807, 2.05) is 24.3 Å². The number of aliphatic hydroxyl groups is 1. The van der Waals surface area contributed by atoms with Crippen molar-refractivity contribution in [2.45, 2.75) is 44.9 Å². The van der Waals surface area contributed by atoms with Crippen molar-refractivity contribution in [3.63, 3.8) is 0 Å². The van der Waals surface area contributed by atoms with Crippen molar-refractivity contribution < 1.29 is 27.9 Å². The summed E-state index contributed by atoms with van der Waals surface area (Å²) in [6.07, 6.45) is 4.39. The van der Waals surface area contributed by atoms with Gasteiger partial charge < -0.3 is 25.4 Å². The number of ether oxygens (including phenoxy) is 1. The van der Waals surface area contributed by atoms with E-state index in [0.29, 0.717) is 25.4 Å². The van der Waals surface area contributed by atoms with Crippen LogP contribution in [0, 0.1) is 0 Å². The number of hydrogen-bond donors (Lipinski definition) is 3. The molecule has 0 unspecified atom stereocenters. The second-order valence-corrected chi connectivity index (χ2v) is 12.7. The Morgan fingerprint density at radius 1 is 1.15 bits per heavy atom. The number of carbonyl (C=O) groups is 2. The summed E-state index contributed by atoms with van der Waals surface area (Å²) in [6.45, 7) is 5.77. The van der Waals surface area contributed by atoms with Crippen molar-refractivity contribution >= 4 is 27.5 Å². The van der Waals surface area contributed by atoms with Gasteiger partial charge in [0.2, 0.25) is 10.0 Å². The summed E-state index contributed by atoms with van der Waals surface area (Å²) in [7, 11) is -0.643. The molecule has 41 heavy (non-hydrogen) atoms. The normalized spacial score (nSPS) is 18.8. The summed E-state index contributed by atoms with van der Waals surface area (Å²) in [5.41, 5.74) is 2.78. The molecule has 0 saturated heterocycles. The monoisotopic (exact) mass is 586 g/mol. The maximum atomic E-state index is 13.4. The van der Waals surface area contributed by atoms with Crippen molar-refractivity contribution in [2.75, 3.05) is 51.0 Å². The Balaban J connectivity index is 1.84. The Labute approximate surface area is 243 Å². The highest BCUT2D eigenvalue weighted by molar-refractivity contribution is 7.92.